The molecule has 0 N–H and O–H groups in total. The van der Waals surface area contributed by atoms with E-state index < -0.39 is 0 Å². The fraction of sp³-hybridized carbons (Fsp3) is 0.278. The average molecular weight is 426 g/mol. The van der Waals surface area contributed by atoms with Crippen molar-refractivity contribution >= 4 is 37.8 Å². The topological polar surface area (TPSA) is 26.3 Å². The molecule has 0 unspecified atom stereocenters. The van der Waals surface area contributed by atoms with E-state index >= 15 is 0 Å². The van der Waals surface area contributed by atoms with E-state index in [1.807, 2.05) is 31.2 Å². The maximum Gasteiger partial charge on any atom is 0.343 e. The zero-order valence-electron chi connectivity index (χ0n) is 13.0. The highest BCUT2D eigenvalue weighted by atomic mass is 79.9. The molecule has 2 aromatic carbocycles. The molecule has 116 valence electrons. The van der Waals surface area contributed by atoms with Gasteiger partial charge in [0, 0.05) is 14.5 Å². The van der Waals surface area contributed by atoms with Crippen molar-refractivity contribution in [3.63, 3.8) is 0 Å². The third-order valence-corrected chi connectivity index (χ3v) is 4.71. The SMILES string of the molecule is Cc1ccc(C(=O)Oc2ccc(Br)cc2C(C)(C)C)cc1Br. The highest BCUT2D eigenvalue weighted by molar-refractivity contribution is 9.10. The molecule has 0 atom stereocenters. The van der Waals surface area contributed by atoms with Gasteiger partial charge < -0.3 is 4.74 Å². The van der Waals surface area contributed by atoms with Crippen molar-refractivity contribution in [2.45, 2.75) is 33.1 Å². The van der Waals surface area contributed by atoms with Crippen molar-refractivity contribution in [1.29, 1.82) is 0 Å². The summed E-state index contributed by atoms with van der Waals surface area (Å²) in [5.41, 5.74) is 2.48. The number of carbonyl (C=O) groups excluding carboxylic acids is 1. The Labute approximate surface area is 148 Å². The first kappa shape index (κ1) is 17.2. The Morgan fingerprint density at radius 3 is 2.32 bits per heavy atom. The summed E-state index contributed by atoms with van der Waals surface area (Å²) in [5.74, 6) is 0.242. The molecule has 0 radical (unpaired) electrons. The number of carbonyl (C=O) groups is 1. The van der Waals surface area contributed by atoms with Gasteiger partial charge in [-0.05, 0) is 48.2 Å². The number of hydrogen-bond donors (Lipinski definition) is 0. The van der Waals surface area contributed by atoms with Gasteiger partial charge in [0.25, 0.3) is 0 Å². The van der Waals surface area contributed by atoms with Gasteiger partial charge in [-0.25, -0.2) is 4.79 Å². The molecule has 0 aliphatic heterocycles. The third kappa shape index (κ3) is 3.99. The van der Waals surface area contributed by atoms with Crippen LogP contribution in [-0.4, -0.2) is 5.97 Å². The lowest BCUT2D eigenvalue weighted by molar-refractivity contribution is 0.0731. The van der Waals surface area contributed by atoms with E-state index in [0.717, 1.165) is 20.1 Å². The minimum Gasteiger partial charge on any atom is -0.423 e. The Bertz CT molecular complexity index is 716. The van der Waals surface area contributed by atoms with Gasteiger partial charge in [-0.2, -0.15) is 0 Å². The summed E-state index contributed by atoms with van der Waals surface area (Å²) in [7, 11) is 0. The van der Waals surface area contributed by atoms with Gasteiger partial charge in [-0.1, -0.05) is 58.7 Å². The van der Waals surface area contributed by atoms with Gasteiger partial charge in [-0.15, -0.1) is 0 Å². The second-order valence-electron chi connectivity index (χ2n) is 6.24. The van der Waals surface area contributed by atoms with Crippen LogP contribution in [0.4, 0.5) is 0 Å². The molecule has 0 aliphatic carbocycles. The minimum absolute atomic E-state index is 0.118. The first-order chi connectivity index (χ1) is 10.2. The smallest absolute Gasteiger partial charge is 0.343 e. The maximum atomic E-state index is 12.4. The summed E-state index contributed by atoms with van der Waals surface area (Å²) in [6.45, 7) is 8.25. The number of benzene rings is 2. The fourth-order valence-corrected chi connectivity index (χ4v) is 2.80. The van der Waals surface area contributed by atoms with Crippen LogP contribution >= 0.6 is 31.9 Å². The van der Waals surface area contributed by atoms with Crippen molar-refractivity contribution in [3.05, 3.63) is 62.0 Å². The molecule has 22 heavy (non-hydrogen) atoms. The van der Waals surface area contributed by atoms with Crippen LogP contribution in [0.15, 0.2) is 45.3 Å². The van der Waals surface area contributed by atoms with Crippen molar-refractivity contribution in [2.75, 3.05) is 0 Å². The van der Waals surface area contributed by atoms with Crippen LogP contribution in [0.2, 0.25) is 0 Å². The number of esters is 1. The lowest BCUT2D eigenvalue weighted by Gasteiger charge is -2.22. The Morgan fingerprint density at radius 2 is 1.73 bits per heavy atom. The highest BCUT2D eigenvalue weighted by Gasteiger charge is 2.21. The third-order valence-electron chi connectivity index (χ3n) is 3.36. The molecule has 2 nitrogen and oxygen atoms in total. The minimum atomic E-state index is -0.353. The zero-order chi connectivity index (χ0) is 16.5. The summed E-state index contributed by atoms with van der Waals surface area (Å²) < 4.78 is 7.49. The second-order valence-corrected chi connectivity index (χ2v) is 8.01. The number of hydrogen-bond acceptors (Lipinski definition) is 2. The largest absolute Gasteiger partial charge is 0.423 e. The average Bonchev–Trinajstić information content (AvgIpc) is 2.42. The monoisotopic (exact) mass is 424 g/mol. The molecule has 0 bridgehead atoms. The molecular weight excluding hydrogens is 408 g/mol. The Kier molecular flexibility index (Phi) is 5.13. The fourth-order valence-electron chi connectivity index (χ4n) is 2.06. The van der Waals surface area contributed by atoms with E-state index in [-0.39, 0.29) is 11.4 Å². The van der Waals surface area contributed by atoms with Crippen LogP contribution in [0.3, 0.4) is 0 Å². The predicted molar refractivity (Wildman–Crippen MR) is 96.7 cm³/mol. The molecule has 2 aromatic rings. The molecule has 0 fully saturated rings. The van der Waals surface area contributed by atoms with Crippen LogP contribution < -0.4 is 4.74 Å². The van der Waals surface area contributed by atoms with Crippen LogP contribution in [0, 0.1) is 6.92 Å². The first-order valence-corrected chi connectivity index (χ1v) is 8.55. The van der Waals surface area contributed by atoms with E-state index in [9.17, 15) is 4.79 Å². The highest BCUT2D eigenvalue weighted by Crippen LogP contribution is 2.34. The molecule has 0 saturated heterocycles. The molecule has 0 heterocycles. The van der Waals surface area contributed by atoms with Crippen molar-refractivity contribution in [3.8, 4) is 5.75 Å². The molecule has 0 aromatic heterocycles. The summed E-state index contributed by atoms with van der Waals surface area (Å²) in [5, 5.41) is 0. The molecule has 0 spiro atoms. The Balaban J connectivity index is 2.34. The molecule has 2 rings (SSSR count). The second kappa shape index (κ2) is 6.55. The molecule has 4 heteroatoms. The van der Waals surface area contributed by atoms with Crippen LogP contribution in [0.5, 0.6) is 5.75 Å². The van der Waals surface area contributed by atoms with Crippen LogP contribution in [-0.2, 0) is 5.41 Å². The summed E-state index contributed by atoms with van der Waals surface area (Å²) in [4.78, 5) is 12.4. The normalized spacial score (nSPS) is 11.4. The Morgan fingerprint density at radius 1 is 1.05 bits per heavy atom. The number of halogens is 2. The molecular formula is C18H18Br2O2. The van der Waals surface area contributed by atoms with Gasteiger partial charge in [-0.3, -0.25) is 0 Å². The van der Waals surface area contributed by atoms with Crippen LogP contribution in [0.1, 0.15) is 42.3 Å². The van der Waals surface area contributed by atoms with E-state index in [1.54, 1.807) is 12.1 Å². The number of aryl methyl sites for hydroxylation is 1. The zero-order valence-corrected chi connectivity index (χ0v) is 16.2. The van der Waals surface area contributed by atoms with Gasteiger partial charge in [0.1, 0.15) is 5.75 Å². The van der Waals surface area contributed by atoms with Gasteiger partial charge >= 0.3 is 5.97 Å². The molecule has 0 amide bonds. The lowest BCUT2D eigenvalue weighted by atomic mass is 9.86. The standard InChI is InChI=1S/C18H18Br2O2/c1-11-5-6-12(9-15(11)20)17(21)22-16-8-7-13(19)10-14(16)18(2,3)4/h5-10H,1-4H3. The van der Waals surface area contributed by atoms with Gasteiger partial charge in [0.05, 0.1) is 5.56 Å². The van der Waals surface area contributed by atoms with Crippen molar-refractivity contribution in [2.24, 2.45) is 0 Å². The van der Waals surface area contributed by atoms with Crippen molar-refractivity contribution in [1.82, 2.24) is 0 Å². The quantitative estimate of drug-likeness (QED) is 0.433. The number of ether oxygens (including phenoxy) is 1. The predicted octanol–water partition coefficient (Wildman–Crippen LogP) is 6.04. The lowest BCUT2D eigenvalue weighted by Crippen LogP contribution is -2.16. The Hall–Kier alpha value is -1.13. The maximum absolute atomic E-state index is 12.4. The van der Waals surface area contributed by atoms with E-state index in [2.05, 4.69) is 52.6 Å². The molecule has 0 saturated carbocycles. The summed E-state index contributed by atoms with van der Waals surface area (Å²) >= 11 is 6.91. The van der Waals surface area contributed by atoms with E-state index in [4.69, 9.17) is 4.74 Å². The first-order valence-electron chi connectivity index (χ1n) is 6.97. The molecule has 0 aliphatic rings. The number of rotatable bonds is 2. The van der Waals surface area contributed by atoms with E-state index in [0.29, 0.717) is 11.3 Å². The van der Waals surface area contributed by atoms with E-state index in [1.165, 1.54) is 0 Å². The summed E-state index contributed by atoms with van der Waals surface area (Å²) in [6.07, 6.45) is 0. The summed E-state index contributed by atoms with van der Waals surface area (Å²) in [6, 6.07) is 11.2. The van der Waals surface area contributed by atoms with Crippen LogP contribution in [0.25, 0.3) is 0 Å². The van der Waals surface area contributed by atoms with Gasteiger partial charge in [0.2, 0.25) is 0 Å². The van der Waals surface area contributed by atoms with Crippen molar-refractivity contribution < 1.29 is 9.53 Å². The van der Waals surface area contributed by atoms with Gasteiger partial charge in [0.15, 0.2) is 0 Å².